The van der Waals surface area contributed by atoms with Crippen LogP contribution < -0.4 is 9.41 Å². The van der Waals surface area contributed by atoms with Crippen LogP contribution in [0, 0.1) is 5.92 Å². The number of hydrogen-bond donors (Lipinski definition) is 0. The molecule has 4 rings (SSSR count). The first-order chi connectivity index (χ1) is 10.7. The minimum absolute atomic E-state index is 0. The molecule has 0 bridgehead atoms. The van der Waals surface area contributed by atoms with Crippen LogP contribution in [0.2, 0.25) is 4.22 Å². The molecule has 0 radical (unpaired) electrons. The fourth-order valence-corrected chi connectivity index (χ4v) is 9.79. The maximum absolute atomic E-state index is 2.52. The van der Waals surface area contributed by atoms with Crippen LogP contribution in [0.1, 0.15) is 34.6 Å². The largest absolute Gasteiger partial charge is 1.00 e. The second-order valence-corrected chi connectivity index (χ2v) is 11.7. The average molecular weight is 380 g/mol. The van der Waals surface area contributed by atoms with Gasteiger partial charge in [-0.1, -0.05) is 0 Å². The summed E-state index contributed by atoms with van der Waals surface area (Å²) in [5.41, 5.74) is 4.96. The summed E-state index contributed by atoms with van der Waals surface area (Å²) in [6, 6.07) is 9.15. The molecule has 0 heterocycles. The summed E-state index contributed by atoms with van der Waals surface area (Å²) in [4.78, 5) is 0. The number of benzene rings is 1. The standard InChI is InChI=1S/C11H12P.C9H11.2FH.Ti/c1-12(2)11-7-9-5-3-4-6-10(9)8-11;1-2-5-9-7-3-6-8(9)4-1;;;/h3-8H,1-2H3;1-2,4,6,9H,3,5,7H2;2*1H;/q;;;;+2/p-2. The number of fused-ring (bicyclic) bond motifs is 2. The smallest absolute Gasteiger partial charge is 1.00 e. The molecular formula is C20H23F2PTi. The second-order valence-electron chi connectivity index (χ2n) is 6.85. The van der Waals surface area contributed by atoms with E-state index in [4.69, 9.17) is 0 Å². The van der Waals surface area contributed by atoms with Crippen molar-refractivity contribution in [2.75, 3.05) is 13.3 Å². The van der Waals surface area contributed by atoms with Crippen molar-refractivity contribution in [3.8, 4) is 0 Å². The summed E-state index contributed by atoms with van der Waals surface area (Å²) in [7, 11) is 0.0322. The molecular weight excluding hydrogens is 357 g/mol. The van der Waals surface area contributed by atoms with Crippen LogP contribution in [-0.2, 0) is 19.2 Å². The number of halogens is 2. The van der Waals surface area contributed by atoms with Crippen molar-refractivity contribution < 1.29 is 28.6 Å². The van der Waals surface area contributed by atoms with E-state index in [0.717, 1.165) is 14.4 Å². The maximum atomic E-state index is 2.52. The van der Waals surface area contributed by atoms with E-state index in [1.54, 1.807) is 10.9 Å². The molecule has 3 atom stereocenters. The van der Waals surface area contributed by atoms with Gasteiger partial charge in [-0.05, 0) is 0 Å². The van der Waals surface area contributed by atoms with Gasteiger partial charge < -0.3 is 9.41 Å². The van der Waals surface area contributed by atoms with Gasteiger partial charge in [0.25, 0.3) is 0 Å². The molecule has 1 aromatic rings. The monoisotopic (exact) mass is 380 g/mol. The SMILES string of the molecule is CP(C)C1=Cc2ccccc2[CH]1[Ti+2][CH]1CCC2CC=CC=C21.[F-].[F-]. The van der Waals surface area contributed by atoms with Gasteiger partial charge >= 0.3 is 145 Å². The third kappa shape index (κ3) is 3.52. The Labute approximate surface area is 153 Å². The molecule has 1 aromatic carbocycles. The first-order valence-electron chi connectivity index (χ1n) is 8.34. The molecule has 0 spiro atoms. The molecule has 3 aliphatic carbocycles. The molecule has 1 fully saturated rings. The summed E-state index contributed by atoms with van der Waals surface area (Å²) < 4.78 is 1.73. The van der Waals surface area contributed by atoms with Gasteiger partial charge in [0.05, 0.1) is 0 Å². The molecule has 0 nitrogen and oxygen atoms in total. The third-order valence-corrected chi connectivity index (χ3v) is 10.2. The Hall–Kier alpha value is -0.556. The van der Waals surface area contributed by atoms with E-state index in [0.29, 0.717) is 0 Å². The molecule has 0 amide bonds. The van der Waals surface area contributed by atoms with Crippen LogP contribution in [0.4, 0.5) is 0 Å². The molecule has 0 aromatic heterocycles. The Morgan fingerprint density at radius 3 is 2.67 bits per heavy atom. The van der Waals surface area contributed by atoms with E-state index >= 15 is 0 Å². The molecule has 3 aliphatic rings. The third-order valence-electron chi connectivity index (χ3n) is 5.31. The van der Waals surface area contributed by atoms with Gasteiger partial charge in [0, 0.05) is 0 Å². The first-order valence-corrected chi connectivity index (χ1v) is 12.4. The minimum atomic E-state index is -0.00588. The van der Waals surface area contributed by atoms with E-state index in [1.165, 1.54) is 24.8 Å². The summed E-state index contributed by atoms with van der Waals surface area (Å²) in [6.07, 6.45) is 13.8. The van der Waals surface area contributed by atoms with Crippen molar-refractivity contribution in [2.24, 2.45) is 5.92 Å². The molecule has 0 N–H and O–H groups in total. The molecule has 0 aliphatic heterocycles. The van der Waals surface area contributed by atoms with Gasteiger partial charge in [-0.3, -0.25) is 0 Å². The van der Waals surface area contributed by atoms with E-state index in [9.17, 15) is 0 Å². The van der Waals surface area contributed by atoms with Crippen molar-refractivity contribution in [1.29, 1.82) is 0 Å². The molecule has 1 saturated carbocycles. The van der Waals surface area contributed by atoms with Gasteiger partial charge in [-0.15, -0.1) is 0 Å². The maximum Gasteiger partial charge on any atom is -1.00 e. The Morgan fingerprint density at radius 1 is 1.08 bits per heavy atom. The summed E-state index contributed by atoms with van der Waals surface area (Å²) in [5, 5.41) is 1.77. The van der Waals surface area contributed by atoms with Crippen LogP contribution in [0.15, 0.2) is 53.4 Å². The molecule has 3 unspecified atom stereocenters. The summed E-state index contributed by atoms with van der Waals surface area (Å²) in [5.74, 6) is 0.882. The Balaban J connectivity index is 0.00000104. The van der Waals surface area contributed by atoms with Crippen molar-refractivity contribution in [3.05, 3.63) is 64.5 Å². The zero-order valence-electron chi connectivity index (χ0n) is 14.2. The zero-order valence-corrected chi connectivity index (χ0v) is 16.6. The quantitative estimate of drug-likeness (QED) is 0.512. The minimum Gasteiger partial charge on any atom is -1.00 e. The molecule has 126 valence electrons. The van der Waals surface area contributed by atoms with Gasteiger partial charge in [0.2, 0.25) is 0 Å². The number of hydrogen-bond acceptors (Lipinski definition) is 0. The van der Waals surface area contributed by atoms with Crippen LogP contribution in [0.5, 0.6) is 0 Å². The first kappa shape index (κ1) is 19.8. The van der Waals surface area contributed by atoms with Crippen molar-refractivity contribution in [1.82, 2.24) is 0 Å². The van der Waals surface area contributed by atoms with Crippen LogP contribution in [-0.4, -0.2) is 13.3 Å². The van der Waals surface area contributed by atoms with Gasteiger partial charge in [-0.25, -0.2) is 0 Å². The van der Waals surface area contributed by atoms with Crippen molar-refractivity contribution in [2.45, 2.75) is 27.7 Å². The predicted octanol–water partition coefficient (Wildman–Crippen LogP) is -0.001000. The molecule has 24 heavy (non-hydrogen) atoms. The van der Waals surface area contributed by atoms with Crippen LogP contribution in [0.3, 0.4) is 0 Å². The Kier molecular flexibility index (Phi) is 6.77. The zero-order chi connectivity index (χ0) is 15.1. The molecule has 4 heteroatoms. The van der Waals surface area contributed by atoms with E-state index in [1.807, 2.05) is 5.57 Å². The summed E-state index contributed by atoms with van der Waals surface area (Å²) in [6.45, 7) is 4.87. The normalized spacial score (nSPS) is 26.5. The fourth-order valence-electron chi connectivity index (χ4n) is 4.16. The fraction of sp³-hybridized carbons (Fsp3) is 0.400. The predicted molar refractivity (Wildman–Crippen MR) is 94.2 cm³/mol. The van der Waals surface area contributed by atoms with Gasteiger partial charge in [0.15, 0.2) is 0 Å². The summed E-state index contributed by atoms with van der Waals surface area (Å²) >= 11 is -0.00588. The topological polar surface area (TPSA) is 0 Å². The van der Waals surface area contributed by atoms with Crippen LogP contribution >= 0.6 is 7.92 Å². The van der Waals surface area contributed by atoms with Crippen molar-refractivity contribution >= 4 is 14.0 Å². The van der Waals surface area contributed by atoms with E-state index in [2.05, 4.69) is 61.9 Å². The molecule has 0 saturated heterocycles. The van der Waals surface area contributed by atoms with E-state index < -0.39 is 0 Å². The van der Waals surface area contributed by atoms with Crippen molar-refractivity contribution in [3.63, 3.8) is 0 Å². The van der Waals surface area contributed by atoms with Gasteiger partial charge in [0.1, 0.15) is 0 Å². The number of rotatable bonds is 3. The number of allylic oxidation sites excluding steroid dienone is 5. The van der Waals surface area contributed by atoms with Crippen LogP contribution in [0.25, 0.3) is 6.08 Å². The van der Waals surface area contributed by atoms with E-state index in [-0.39, 0.29) is 36.5 Å². The van der Waals surface area contributed by atoms with Gasteiger partial charge in [-0.2, -0.15) is 0 Å². The Morgan fingerprint density at radius 2 is 1.88 bits per heavy atom. The average Bonchev–Trinajstić information content (AvgIpc) is 3.10. The Bertz CT molecular complexity index is 678. The second kappa shape index (κ2) is 8.22.